The molecule has 2 N–H and O–H groups in total. The number of halogens is 1. The van der Waals surface area contributed by atoms with Crippen molar-refractivity contribution in [3.8, 4) is 5.75 Å². The quantitative estimate of drug-likeness (QED) is 0.461. The van der Waals surface area contributed by atoms with Crippen LogP contribution in [0, 0.1) is 0 Å². The molecule has 1 saturated heterocycles. The normalized spacial score (nSPS) is 14.7. The average molecular weight is 460 g/mol. The molecule has 170 valence electrons. The zero-order chi connectivity index (χ0) is 23.0. The van der Waals surface area contributed by atoms with E-state index in [2.05, 4.69) is 35.9 Å². The van der Waals surface area contributed by atoms with E-state index in [1.54, 1.807) is 19.2 Å². The second-order valence-electron chi connectivity index (χ2n) is 8.79. The highest BCUT2D eigenvalue weighted by Crippen LogP contribution is 2.40. The third-order valence-electron chi connectivity index (χ3n) is 5.54. The van der Waals surface area contributed by atoms with Crippen molar-refractivity contribution in [2.75, 3.05) is 44.0 Å². The van der Waals surface area contributed by atoms with Gasteiger partial charge in [-0.15, -0.1) is 4.68 Å². The summed E-state index contributed by atoms with van der Waals surface area (Å²) in [7, 11) is 1.67. The van der Waals surface area contributed by atoms with E-state index in [0.29, 0.717) is 29.6 Å². The maximum Gasteiger partial charge on any atom is 0.355 e. The summed E-state index contributed by atoms with van der Waals surface area (Å²) in [6.45, 7) is 9.08. The minimum Gasteiger partial charge on any atom is -0.494 e. The molecule has 0 spiro atoms. The Balaban J connectivity index is 1.76. The monoisotopic (exact) mass is 459 g/mol. The molecule has 0 bridgehead atoms. The standard InChI is InChI=1S/C22H28ClN6O3/c1-22(2,3)15-11-14(12-16(20(15)31-4)27-7-9-32-10-8-27)17(30)13-28-19-6-5-18(23)25-29(19)21(24)26-28/h5-6,11-12H,7-10,13H2,1-4H3,(H2,24,26)/q+1. The van der Waals surface area contributed by atoms with Crippen molar-refractivity contribution in [1.29, 1.82) is 0 Å². The van der Waals surface area contributed by atoms with Crippen molar-refractivity contribution in [3.05, 3.63) is 40.5 Å². The van der Waals surface area contributed by atoms with Crippen molar-refractivity contribution in [1.82, 2.24) is 14.7 Å². The van der Waals surface area contributed by atoms with Crippen LogP contribution in [0.1, 0.15) is 36.7 Å². The number of methoxy groups -OCH3 is 1. The molecule has 0 unspecified atom stereocenters. The highest BCUT2D eigenvalue weighted by Gasteiger charge is 2.28. The van der Waals surface area contributed by atoms with E-state index >= 15 is 0 Å². The van der Waals surface area contributed by atoms with Crippen molar-refractivity contribution >= 4 is 34.7 Å². The largest absolute Gasteiger partial charge is 0.494 e. The summed E-state index contributed by atoms with van der Waals surface area (Å²) < 4.78 is 14.3. The lowest BCUT2D eigenvalue weighted by molar-refractivity contribution is -0.714. The van der Waals surface area contributed by atoms with E-state index in [1.165, 1.54) is 9.20 Å². The van der Waals surface area contributed by atoms with Gasteiger partial charge in [0.1, 0.15) is 5.75 Å². The molecule has 3 aromatic rings. The van der Waals surface area contributed by atoms with E-state index in [0.717, 1.165) is 30.1 Å². The van der Waals surface area contributed by atoms with Crippen LogP contribution in [0.5, 0.6) is 5.75 Å². The minimum atomic E-state index is -0.220. The molecule has 0 amide bonds. The van der Waals surface area contributed by atoms with Gasteiger partial charge in [-0.25, -0.2) is 0 Å². The van der Waals surface area contributed by atoms with Gasteiger partial charge in [-0.1, -0.05) is 42.0 Å². The molecule has 2 aromatic heterocycles. The van der Waals surface area contributed by atoms with Crippen LogP contribution in [0.4, 0.5) is 11.6 Å². The zero-order valence-electron chi connectivity index (χ0n) is 18.8. The van der Waals surface area contributed by atoms with Gasteiger partial charge in [0.2, 0.25) is 5.78 Å². The molecule has 0 atom stereocenters. The number of aromatic nitrogens is 4. The number of nitrogen functional groups attached to an aromatic ring is 1. The zero-order valence-corrected chi connectivity index (χ0v) is 19.5. The van der Waals surface area contributed by atoms with Crippen molar-refractivity contribution in [2.24, 2.45) is 0 Å². The number of hydrogen-bond acceptors (Lipinski definition) is 7. The van der Waals surface area contributed by atoms with Gasteiger partial charge in [-0.3, -0.25) is 4.79 Å². The van der Waals surface area contributed by atoms with Crippen molar-refractivity contribution < 1.29 is 19.0 Å². The van der Waals surface area contributed by atoms with Gasteiger partial charge < -0.3 is 20.1 Å². The molecule has 0 saturated carbocycles. The van der Waals surface area contributed by atoms with Crippen LogP contribution >= 0.6 is 11.6 Å². The number of ether oxygens (including phenoxy) is 2. The van der Waals surface area contributed by atoms with Gasteiger partial charge in [-0.05, 0) is 28.7 Å². The first-order chi connectivity index (χ1) is 15.2. The number of hydrogen-bond donors (Lipinski definition) is 1. The molecule has 10 heteroatoms. The van der Waals surface area contributed by atoms with Crippen molar-refractivity contribution in [2.45, 2.75) is 32.7 Å². The van der Waals surface area contributed by atoms with E-state index in [-0.39, 0.29) is 23.7 Å². The Morgan fingerprint density at radius 1 is 1.28 bits per heavy atom. The molecule has 1 aromatic carbocycles. The Morgan fingerprint density at radius 3 is 2.66 bits per heavy atom. The Hall–Kier alpha value is -2.91. The molecule has 1 aliphatic rings. The summed E-state index contributed by atoms with van der Waals surface area (Å²) in [5.74, 6) is 0.862. The predicted molar refractivity (Wildman–Crippen MR) is 122 cm³/mol. The lowest BCUT2D eigenvalue weighted by atomic mass is 9.84. The highest BCUT2D eigenvalue weighted by atomic mass is 35.5. The van der Waals surface area contributed by atoms with E-state index < -0.39 is 0 Å². The molecular weight excluding hydrogens is 432 g/mol. The third kappa shape index (κ3) is 4.22. The predicted octanol–water partition coefficient (Wildman–Crippen LogP) is 2.28. The maximum atomic E-state index is 13.4. The Labute approximate surface area is 191 Å². The number of nitrogens with zero attached hydrogens (tertiary/aromatic N) is 5. The molecule has 1 fully saturated rings. The van der Waals surface area contributed by atoms with Crippen LogP contribution in [-0.4, -0.2) is 53.9 Å². The number of ketones is 1. The third-order valence-corrected chi connectivity index (χ3v) is 5.74. The molecule has 32 heavy (non-hydrogen) atoms. The number of rotatable bonds is 5. The molecule has 0 aliphatic carbocycles. The minimum absolute atomic E-state index is 0.0163. The summed E-state index contributed by atoms with van der Waals surface area (Å²) in [5, 5.41) is 8.72. The topological polar surface area (TPSA) is 98.9 Å². The fraction of sp³-hybridized carbons (Fsp3) is 0.455. The van der Waals surface area contributed by atoms with Gasteiger partial charge in [0.25, 0.3) is 0 Å². The number of fused-ring (bicyclic) bond motifs is 1. The number of morpholine rings is 1. The summed E-state index contributed by atoms with van der Waals surface area (Å²) in [6.07, 6.45) is 0. The van der Waals surface area contributed by atoms with Gasteiger partial charge in [-0.2, -0.15) is 0 Å². The number of anilines is 2. The van der Waals surface area contributed by atoms with Gasteiger partial charge >= 0.3 is 11.6 Å². The van der Waals surface area contributed by atoms with E-state index in [4.69, 9.17) is 26.8 Å². The van der Waals surface area contributed by atoms with Crippen LogP contribution < -0.4 is 20.1 Å². The Bertz CT molecular complexity index is 1160. The van der Waals surface area contributed by atoms with Crippen LogP contribution in [0.25, 0.3) is 5.65 Å². The maximum absolute atomic E-state index is 13.4. The highest BCUT2D eigenvalue weighted by molar-refractivity contribution is 6.29. The summed E-state index contributed by atoms with van der Waals surface area (Å²) in [6, 6.07) is 7.20. The summed E-state index contributed by atoms with van der Waals surface area (Å²) in [5.41, 5.74) is 8.79. The number of nitrogens with two attached hydrogens (primary N) is 1. The average Bonchev–Trinajstić information content (AvgIpc) is 3.07. The first-order valence-corrected chi connectivity index (χ1v) is 10.9. The number of carbonyl (C=O) groups is 1. The van der Waals surface area contributed by atoms with Gasteiger partial charge in [0.05, 0.1) is 26.0 Å². The van der Waals surface area contributed by atoms with Crippen LogP contribution in [0.3, 0.4) is 0 Å². The Kier molecular flexibility index (Phi) is 5.96. The molecule has 0 radical (unpaired) electrons. The van der Waals surface area contributed by atoms with Crippen LogP contribution in [0.2, 0.25) is 5.15 Å². The lowest BCUT2D eigenvalue weighted by Gasteiger charge is -2.33. The molecule has 9 nitrogen and oxygen atoms in total. The Morgan fingerprint density at radius 2 is 2.00 bits per heavy atom. The summed E-state index contributed by atoms with van der Waals surface area (Å²) >= 11 is 5.96. The lowest BCUT2D eigenvalue weighted by Crippen LogP contribution is -2.41. The first kappa shape index (κ1) is 22.3. The van der Waals surface area contributed by atoms with Crippen molar-refractivity contribution in [3.63, 3.8) is 0 Å². The molecule has 1 aliphatic heterocycles. The smallest absolute Gasteiger partial charge is 0.355 e. The van der Waals surface area contributed by atoms with Gasteiger partial charge in [0.15, 0.2) is 11.7 Å². The second-order valence-corrected chi connectivity index (χ2v) is 9.18. The fourth-order valence-electron chi connectivity index (χ4n) is 3.90. The molecule has 4 rings (SSSR count). The van der Waals surface area contributed by atoms with Crippen LogP contribution in [-0.2, 0) is 16.7 Å². The number of carbonyl (C=O) groups excluding carboxylic acids is 1. The van der Waals surface area contributed by atoms with E-state index in [9.17, 15) is 4.79 Å². The van der Waals surface area contributed by atoms with Gasteiger partial charge in [0, 0.05) is 30.3 Å². The fourth-order valence-corrected chi connectivity index (χ4v) is 4.04. The summed E-state index contributed by atoms with van der Waals surface area (Å²) in [4.78, 5) is 15.6. The second kappa shape index (κ2) is 8.55. The van der Waals surface area contributed by atoms with E-state index in [1.807, 2.05) is 12.1 Å². The first-order valence-electron chi connectivity index (χ1n) is 10.5. The SMILES string of the molecule is COc1c(N2CCOCC2)cc(C(=O)C[n+]2nc(N)n3nc(Cl)ccc32)cc1C(C)(C)C. The number of benzene rings is 1. The molecular formula is C22H28ClN6O3+. The molecule has 3 heterocycles. The van der Waals surface area contributed by atoms with Crippen LogP contribution in [0.15, 0.2) is 24.3 Å². The number of Topliss-reactive ketones (excluding diaryl/α,β-unsaturated/α-hetero) is 1.